The average molecular weight is 268 g/mol. The van der Waals surface area contributed by atoms with Gasteiger partial charge in [0.15, 0.2) is 5.78 Å². The monoisotopic (exact) mass is 267 g/mol. The number of carbonyl (C=O) groups excluding carboxylic acids is 1. The van der Waals surface area contributed by atoms with E-state index in [1.165, 1.54) is 0 Å². The molecule has 0 fully saturated rings. The molecule has 1 rings (SSSR count). The Morgan fingerprint density at radius 3 is 2.53 bits per heavy atom. The fourth-order valence-corrected chi connectivity index (χ4v) is 1.77. The van der Waals surface area contributed by atoms with Gasteiger partial charge in [0.05, 0.1) is 0 Å². The Bertz CT molecular complexity index is 399. The van der Waals surface area contributed by atoms with Gasteiger partial charge in [-0.25, -0.2) is 0 Å². The minimum Gasteiger partial charge on any atom is -0.330 e. The van der Waals surface area contributed by atoms with E-state index in [1.54, 1.807) is 0 Å². The van der Waals surface area contributed by atoms with Crippen LogP contribution in [-0.2, 0) is 0 Å². The highest BCUT2D eigenvalue weighted by molar-refractivity contribution is 9.10. The molecule has 15 heavy (non-hydrogen) atoms. The number of Topliss-reactive ketones (excluding diaryl/α,β-unsaturated/α-hetero) is 1. The number of nitrogens with two attached hydrogens (primary N) is 1. The van der Waals surface area contributed by atoms with Crippen molar-refractivity contribution in [3.8, 4) is 0 Å². The van der Waals surface area contributed by atoms with Gasteiger partial charge in [0.2, 0.25) is 0 Å². The quantitative estimate of drug-likeness (QED) is 0.853. The number of benzene rings is 1. The Kier molecular flexibility index (Phi) is 4.24. The first-order chi connectivity index (χ1) is 7.04. The van der Waals surface area contributed by atoms with Crippen molar-refractivity contribution in [1.82, 2.24) is 0 Å². The molecule has 0 radical (unpaired) electrons. The summed E-state index contributed by atoms with van der Waals surface area (Å²) >= 11 is 3.38. The second-order valence-corrected chi connectivity index (χ2v) is 4.39. The summed E-state index contributed by atoms with van der Waals surface area (Å²) in [5.74, 6) is 0.0706. The van der Waals surface area contributed by atoms with Crippen molar-refractivity contribution in [2.45, 2.75) is 13.3 Å². The molecule has 0 saturated carbocycles. The van der Waals surface area contributed by atoms with Gasteiger partial charge >= 0.3 is 0 Å². The zero-order valence-corrected chi connectivity index (χ0v) is 10.3. The molecule has 0 bridgehead atoms. The Balaban J connectivity index is 3.09. The lowest BCUT2D eigenvalue weighted by Gasteiger charge is -2.05. The molecule has 0 unspecified atom stereocenters. The van der Waals surface area contributed by atoms with Gasteiger partial charge in [-0.3, -0.25) is 4.79 Å². The van der Waals surface area contributed by atoms with Crippen LogP contribution in [0.15, 0.2) is 29.3 Å². The van der Waals surface area contributed by atoms with E-state index in [-0.39, 0.29) is 5.78 Å². The molecule has 2 N–H and O–H groups in total. The number of rotatable bonds is 4. The molecule has 80 valence electrons. The Morgan fingerprint density at radius 1 is 1.40 bits per heavy atom. The van der Waals surface area contributed by atoms with Crippen LogP contribution in [0.3, 0.4) is 0 Å². The molecule has 3 heteroatoms. The van der Waals surface area contributed by atoms with E-state index in [1.807, 2.05) is 25.1 Å². The van der Waals surface area contributed by atoms with Gasteiger partial charge in [0.25, 0.3) is 0 Å². The number of halogens is 1. The smallest absolute Gasteiger partial charge is 0.164 e. The van der Waals surface area contributed by atoms with Crippen LogP contribution in [0.1, 0.15) is 29.3 Å². The molecule has 0 aliphatic rings. The van der Waals surface area contributed by atoms with Crippen molar-refractivity contribution in [3.05, 3.63) is 40.4 Å². The van der Waals surface area contributed by atoms with E-state index < -0.39 is 0 Å². The number of hydrogen-bond acceptors (Lipinski definition) is 2. The predicted octanol–water partition coefficient (Wildman–Crippen LogP) is 3.01. The lowest BCUT2D eigenvalue weighted by Crippen LogP contribution is -2.08. The lowest BCUT2D eigenvalue weighted by molar-refractivity contribution is 0.0985. The van der Waals surface area contributed by atoms with Gasteiger partial charge in [-0.2, -0.15) is 0 Å². The van der Waals surface area contributed by atoms with Crippen molar-refractivity contribution in [2.24, 2.45) is 5.73 Å². The summed E-state index contributed by atoms with van der Waals surface area (Å²) in [6.45, 7) is 6.15. The summed E-state index contributed by atoms with van der Waals surface area (Å²) in [5, 5.41) is 0. The molecule has 1 aromatic carbocycles. The van der Waals surface area contributed by atoms with Crippen molar-refractivity contribution in [3.63, 3.8) is 0 Å². The zero-order chi connectivity index (χ0) is 11.4. The third-order valence-corrected chi connectivity index (χ3v) is 2.54. The number of hydrogen-bond donors (Lipinski definition) is 1. The molecule has 0 aliphatic carbocycles. The predicted molar refractivity (Wildman–Crippen MR) is 66.9 cm³/mol. The number of allylic oxidation sites excluding steroid dienone is 1. The van der Waals surface area contributed by atoms with Crippen LogP contribution < -0.4 is 5.73 Å². The second-order valence-electron chi connectivity index (χ2n) is 3.47. The summed E-state index contributed by atoms with van der Waals surface area (Å²) in [7, 11) is 0. The second kappa shape index (κ2) is 5.24. The van der Waals surface area contributed by atoms with Crippen LogP contribution in [0.2, 0.25) is 0 Å². The largest absolute Gasteiger partial charge is 0.330 e. The standard InChI is InChI=1S/C12H14BrNO/c1-8(2)9-5-10(7-11(13)6-9)12(15)3-4-14/h5-7H,1,3-4,14H2,2H3. The fourth-order valence-electron chi connectivity index (χ4n) is 1.27. The minimum atomic E-state index is 0.0706. The molecule has 1 aromatic rings. The van der Waals surface area contributed by atoms with Crippen LogP contribution in [0.25, 0.3) is 5.57 Å². The molecule has 2 nitrogen and oxygen atoms in total. The Hall–Kier alpha value is -0.930. The van der Waals surface area contributed by atoms with Crippen molar-refractivity contribution < 1.29 is 4.79 Å². The van der Waals surface area contributed by atoms with E-state index >= 15 is 0 Å². The van der Waals surface area contributed by atoms with Gasteiger partial charge in [-0.05, 0) is 37.2 Å². The van der Waals surface area contributed by atoms with Crippen molar-refractivity contribution in [1.29, 1.82) is 0 Å². The molecule has 0 saturated heterocycles. The van der Waals surface area contributed by atoms with E-state index in [4.69, 9.17) is 5.73 Å². The molecule has 0 heterocycles. The van der Waals surface area contributed by atoms with Gasteiger partial charge in [-0.15, -0.1) is 0 Å². The highest BCUT2D eigenvalue weighted by Crippen LogP contribution is 2.21. The summed E-state index contributed by atoms with van der Waals surface area (Å²) in [5.41, 5.74) is 7.96. The van der Waals surface area contributed by atoms with E-state index in [2.05, 4.69) is 22.5 Å². The molecule has 0 aromatic heterocycles. The van der Waals surface area contributed by atoms with Crippen molar-refractivity contribution in [2.75, 3.05) is 6.54 Å². The third-order valence-electron chi connectivity index (χ3n) is 2.08. The summed E-state index contributed by atoms with van der Waals surface area (Å²) in [6.07, 6.45) is 0.381. The van der Waals surface area contributed by atoms with Gasteiger partial charge in [-0.1, -0.05) is 28.1 Å². The van der Waals surface area contributed by atoms with Crippen LogP contribution >= 0.6 is 15.9 Å². The highest BCUT2D eigenvalue weighted by Gasteiger charge is 2.07. The first kappa shape index (κ1) is 12.1. The fraction of sp³-hybridized carbons (Fsp3) is 0.250. The topological polar surface area (TPSA) is 43.1 Å². The molecule has 0 spiro atoms. The van der Waals surface area contributed by atoms with Gasteiger partial charge in [0.1, 0.15) is 0 Å². The molecule has 0 aliphatic heterocycles. The van der Waals surface area contributed by atoms with Gasteiger partial charge in [0, 0.05) is 16.5 Å². The lowest BCUT2D eigenvalue weighted by atomic mass is 10.0. The summed E-state index contributed by atoms with van der Waals surface area (Å²) < 4.78 is 0.892. The van der Waals surface area contributed by atoms with Crippen LogP contribution in [0.5, 0.6) is 0 Å². The normalized spacial score (nSPS) is 10.1. The SMILES string of the molecule is C=C(C)c1cc(Br)cc(C(=O)CCN)c1. The Labute approximate surface area is 98.3 Å². The maximum absolute atomic E-state index is 11.6. The van der Waals surface area contributed by atoms with Crippen molar-refractivity contribution >= 4 is 27.3 Å². The summed E-state index contributed by atoms with van der Waals surface area (Å²) in [6, 6.07) is 5.61. The maximum Gasteiger partial charge on any atom is 0.164 e. The number of ketones is 1. The molecule has 0 atom stereocenters. The molecular formula is C12H14BrNO. The van der Waals surface area contributed by atoms with Gasteiger partial charge < -0.3 is 5.73 Å². The average Bonchev–Trinajstić information content (AvgIpc) is 2.17. The molecule has 0 amide bonds. The first-order valence-electron chi connectivity index (χ1n) is 4.74. The summed E-state index contributed by atoms with van der Waals surface area (Å²) in [4.78, 5) is 11.6. The molecular weight excluding hydrogens is 254 g/mol. The van der Waals surface area contributed by atoms with Crippen LogP contribution in [0.4, 0.5) is 0 Å². The van der Waals surface area contributed by atoms with E-state index in [0.29, 0.717) is 18.5 Å². The number of carbonyl (C=O) groups is 1. The van der Waals surface area contributed by atoms with E-state index in [0.717, 1.165) is 15.6 Å². The highest BCUT2D eigenvalue weighted by atomic mass is 79.9. The Morgan fingerprint density at radius 2 is 2.00 bits per heavy atom. The van der Waals surface area contributed by atoms with E-state index in [9.17, 15) is 4.79 Å². The first-order valence-corrected chi connectivity index (χ1v) is 5.53. The maximum atomic E-state index is 11.6. The van der Waals surface area contributed by atoms with Crippen LogP contribution in [0, 0.1) is 0 Å². The third kappa shape index (κ3) is 3.29. The zero-order valence-electron chi connectivity index (χ0n) is 8.72. The van der Waals surface area contributed by atoms with Crippen LogP contribution in [-0.4, -0.2) is 12.3 Å². The minimum absolute atomic E-state index is 0.0706.